The zero-order valence-electron chi connectivity index (χ0n) is 31.7. The molecule has 4 N–H and O–H groups in total. The van der Waals surface area contributed by atoms with Crippen LogP contribution in [0.5, 0.6) is 11.5 Å². The van der Waals surface area contributed by atoms with Crippen LogP contribution in [-0.2, 0) is 20.0 Å². The number of methoxy groups -OCH3 is 2. The highest BCUT2D eigenvalue weighted by atomic mass is 32.2. The van der Waals surface area contributed by atoms with Gasteiger partial charge in [-0.1, -0.05) is 72.8 Å². The molecule has 8 rings (SSSR count). The Morgan fingerprint density at radius 1 is 0.466 bits per heavy atom. The maximum atomic E-state index is 13.1. The minimum Gasteiger partial charge on any atom is -0.494 e. The summed E-state index contributed by atoms with van der Waals surface area (Å²) >= 11 is 0. The van der Waals surface area contributed by atoms with Crippen LogP contribution >= 0.6 is 0 Å². The molecule has 0 aliphatic carbocycles. The third-order valence-electron chi connectivity index (χ3n) is 9.72. The van der Waals surface area contributed by atoms with E-state index in [-0.39, 0.29) is 24.3 Å². The van der Waals surface area contributed by atoms with Crippen molar-refractivity contribution in [3.05, 3.63) is 133 Å². The first kappa shape index (κ1) is 38.2. The van der Waals surface area contributed by atoms with Crippen LogP contribution < -0.4 is 29.6 Å². The van der Waals surface area contributed by atoms with Crippen LogP contribution in [0, 0.1) is 0 Å². The number of rotatable bonds is 15. The van der Waals surface area contributed by atoms with Crippen LogP contribution in [0.4, 0.5) is 34.1 Å². The Labute approximate surface area is 336 Å². The van der Waals surface area contributed by atoms with Crippen LogP contribution in [0.15, 0.2) is 133 Å². The van der Waals surface area contributed by atoms with Crippen molar-refractivity contribution in [3.63, 3.8) is 0 Å². The number of pyridine rings is 2. The lowest BCUT2D eigenvalue weighted by Crippen LogP contribution is -2.20. The van der Waals surface area contributed by atoms with Crippen LogP contribution in [0.2, 0.25) is 0 Å². The molecule has 14 heteroatoms. The smallest absolute Gasteiger partial charge is 0.232 e. The SMILES string of the molecule is COc1cc(NS(=O)(=O)CCCCS(=O)(=O)Nc2ccc(Nc3c4ccccc4nc4ccccc34)c(OC)c2)ccc1Nc1c2ccccc2nc2ccccc12. The molecule has 0 unspecified atom stereocenters. The first-order valence-electron chi connectivity index (χ1n) is 18.6. The van der Waals surface area contributed by atoms with E-state index in [0.29, 0.717) is 34.2 Å². The number of nitrogens with zero attached hydrogens (tertiary/aromatic N) is 2. The molecule has 58 heavy (non-hydrogen) atoms. The molecule has 0 fully saturated rings. The highest BCUT2D eigenvalue weighted by Gasteiger charge is 2.18. The summed E-state index contributed by atoms with van der Waals surface area (Å²) < 4.78 is 68.9. The van der Waals surface area contributed by atoms with Crippen molar-refractivity contribution in [2.24, 2.45) is 0 Å². The number of hydrogen-bond donors (Lipinski definition) is 4. The quantitative estimate of drug-likeness (QED) is 0.0580. The fraction of sp³-hybridized carbons (Fsp3) is 0.136. The van der Waals surface area contributed by atoms with Gasteiger partial charge in [-0.05, 0) is 61.4 Å². The van der Waals surface area contributed by atoms with Crippen LogP contribution in [0.1, 0.15) is 12.8 Å². The van der Waals surface area contributed by atoms with E-state index >= 15 is 0 Å². The standard InChI is InChI=1S/C44H40N6O6S2/c1-55-41-27-29(21-23-39(41)47-43-31-13-3-7-17-35(31)45-36-18-8-4-14-32(36)43)49-57(51,52)25-11-12-26-58(53,54)50-30-22-24-40(42(28-30)56-2)48-44-33-15-5-9-19-37(33)46-38-20-10-6-16-34(38)44/h3-10,13-24,27-28,49-50H,11-12,25-26H2,1-2H3,(H,45,47)(H,46,48). The van der Waals surface area contributed by atoms with Gasteiger partial charge in [-0.15, -0.1) is 0 Å². The first-order chi connectivity index (χ1) is 28.1. The lowest BCUT2D eigenvalue weighted by atomic mass is 10.1. The number of fused-ring (bicyclic) bond motifs is 4. The van der Waals surface area contributed by atoms with Gasteiger partial charge in [0.05, 0.1) is 81.9 Å². The Morgan fingerprint density at radius 3 is 1.12 bits per heavy atom. The zero-order chi connectivity index (χ0) is 40.3. The van der Waals surface area contributed by atoms with Gasteiger partial charge >= 0.3 is 0 Å². The molecule has 0 amide bonds. The molecule has 0 radical (unpaired) electrons. The Morgan fingerprint density at radius 2 is 0.793 bits per heavy atom. The summed E-state index contributed by atoms with van der Waals surface area (Å²) in [5, 5.41) is 10.7. The van der Waals surface area contributed by atoms with E-state index in [9.17, 15) is 16.8 Å². The number of benzene rings is 6. The summed E-state index contributed by atoms with van der Waals surface area (Å²) in [6, 6.07) is 41.4. The normalized spacial score (nSPS) is 11.8. The highest BCUT2D eigenvalue weighted by molar-refractivity contribution is 7.93. The number of aromatic nitrogens is 2. The number of nitrogens with one attached hydrogen (secondary N) is 4. The van der Waals surface area contributed by atoms with Gasteiger partial charge in [0.2, 0.25) is 20.0 Å². The van der Waals surface area contributed by atoms with Gasteiger partial charge in [-0.3, -0.25) is 9.44 Å². The Kier molecular flexibility index (Phi) is 10.6. The summed E-state index contributed by atoms with van der Waals surface area (Å²) in [5.74, 6) is 0.322. The number of ether oxygens (including phenoxy) is 2. The molecule has 294 valence electrons. The van der Waals surface area contributed by atoms with E-state index < -0.39 is 20.0 Å². The Bertz CT molecular complexity index is 2740. The predicted octanol–water partition coefficient (Wildman–Crippen LogP) is 9.56. The van der Waals surface area contributed by atoms with Gasteiger partial charge in [-0.2, -0.15) is 0 Å². The molecule has 0 saturated carbocycles. The van der Waals surface area contributed by atoms with Gasteiger partial charge in [0.1, 0.15) is 11.5 Å². The molecule has 0 bridgehead atoms. The number of para-hydroxylation sites is 4. The number of sulfonamides is 2. The first-order valence-corrected chi connectivity index (χ1v) is 21.9. The minimum absolute atomic E-state index is 0.120. The zero-order valence-corrected chi connectivity index (χ0v) is 33.3. The Balaban J connectivity index is 0.891. The van der Waals surface area contributed by atoms with Crippen molar-refractivity contribution in [2.45, 2.75) is 12.8 Å². The highest BCUT2D eigenvalue weighted by Crippen LogP contribution is 2.39. The summed E-state index contributed by atoms with van der Waals surface area (Å²) in [6.07, 6.45) is 0.241. The van der Waals surface area contributed by atoms with Crippen LogP contribution in [-0.4, -0.2) is 52.5 Å². The summed E-state index contributed by atoms with van der Waals surface area (Å²) in [5.41, 5.74) is 6.98. The molecular weight excluding hydrogens is 773 g/mol. The average Bonchev–Trinajstić information content (AvgIpc) is 3.23. The van der Waals surface area contributed by atoms with E-state index in [2.05, 4.69) is 20.1 Å². The van der Waals surface area contributed by atoms with Crippen molar-refractivity contribution in [1.82, 2.24) is 9.97 Å². The average molecular weight is 813 g/mol. The van der Waals surface area contributed by atoms with Gasteiger partial charge in [0.15, 0.2) is 0 Å². The third kappa shape index (κ3) is 8.24. The predicted molar refractivity (Wildman–Crippen MR) is 235 cm³/mol. The topological polar surface area (TPSA) is 161 Å². The van der Waals surface area contributed by atoms with Crippen molar-refractivity contribution in [1.29, 1.82) is 0 Å². The lowest BCUT2D eigenvalue weighted by Gasteiger charge is -2.17. The monoisotopic (exact) mass is 812 g/mol. The summed E-state index contributed by atoms with van der Waals surface area (Å²) in [7, 11) is -4.59. The Hall–Kier alpha value is -6.64. The van der Waals surface area contributed by atoms with E-state index in [1.807, 2.05) is 97.1 Å². The molecule has 0 spiro atoms. The van der Waals surface area contributed by atoms with E-state index in [4.69, 9.17) is 19.4 Å². The van der Waals surface area contributed by atoms with Crippen LogP contribution in [0.25, 0.3) is 43.6 Å². The second-order valence-electron chi connectivity index (χ2n) is 13.7. The van der Waals surface area contributed by atoms with Gasteiger partial charge < -0.3 is 20.1 Å². The molecule has 12 nitrogen and oxygen atoms in total. The van der Waals surface area contributed by atoms with Crippen molar-refractivity contribution in [3.8, 4) is 11.5 Å². The number of anilines is 6. The largest absolute Gasteiger partial charge is 0.494 e. The van der Waals surface area contributed by atoms with Crippen molar-refractivity contribution in [2.75, 3.05) is 45.8 Å². The molecule has 0 aliphatic rings. The van der Waals surface area contributed by atoms with Gasteiger partial charge in [0, 0.05) is 33.7 Å². The van der Waals surface area contributed by atoms with Crippen LogP contribution in [0.3, 0.4) is 0 Å². The molecule has 0 saturated heterocycles. The lowest BCUT2D eigenvalue weighted by molar-refractivity contribution is 0.417. The molecule has 6 aromatic carbocycles. The minimum atomic E-state index is -3.81. The number of unbranched alkanes of at least 4 members (excludes halogenated alkanes) is 1. The fourth-order valence-electron chi connectivity index (χ4n) is 6.98. The maximum Gasteiger partial charge on any atom is 0.232 e. The maximum absolute atomic E-state index is 13.1. The van der Waals surface area contributed by atoms with Gasteiger partial charge in [-0.25, -0.2) is 26.8 Å². The third-order valence-corrected chi connectivity index (χ3v) is 12.5. The molecule has 0 aliphatic heterocycles. The van der Waals surface area contributed by atoms with E-state index in [0.717, 1.165) is 55.0 Å². The van der Waals surface area contributed by atoms with Crippen molar-refractivity contribution >= 4 is 97.8 Å². The molecule has 2 aromatic heterocycles. The fourth-order valence-corrected chi connectivity index (χ4v) is 9.32. The molecule has 2 heterocycles. The van der Waals surface area contributed by atoms with E-state index in [1.54, 1.807) is 36.4 Å². The molecule has 8 aromatic rings. The second-order valence-corrected chi connectivity index (χ2v) is 17.4. The van der Waals surface area contributed by atoms with Crippen molar-refractivity contribution < 1.29 is 26.3 Å². The molecule has 0 atom stereocenters. The second kappa shape index (κ2) is 16.1. The summed E-state index contributed by atoms with van der Waals surface area (Å²) in [6.45, 7) is 0. The summed E-state index contributed by atoms with van der Waals surface area (Å²) in [4.78, 5) is 9.56. The number of hydrogen-bond acceptors (Lipinski definition) is 10. The van der Waals surface area contributed by atoms with Gasteiger partial charge in [0.25, 0.3) is 0 Å². The van der Waals surface area contributed by atoms with E-state index in [1.165, 1.54) is 14.2 Å². The molecular formula is C44H40N6O6S2.